The molecule has 20 heavy (non-hydrogen) atoms. The van der Waals surface area contributed by atoms with Gasteiger partial charge in [-0.15, -0.1) is 0 Å². The lowest BCUT2D eigenvalue weighted by atomic mass is 10.00. The second-order valence-electron chi connectivity index (χ2n) is 5.31. The van der Waals surface area contributed by atoms with Crippen molar-refractivity contribution in [1.82, 2.24) is 4.90 Å². The van der Waals surface area contributed by atoms with E-state index in [0.717, 1.165) is 10.5 Å². The molecule has 1 fully saturated rings. The lowest BCUT2D eigenvalue weighted by molar-refractivity contribution is -0.127. The minimum atomic E-state index is -0.813. The van der Waals surface area contributed by atoms with Crippen LogP contribution in [-0.4, -0.2) is 34.2 Å². The van der Waals surface area contributed by atoms with Gasteiger partial charge in [0.25, 0.3) is 0 Å². The zero-order valence-electron chi connectivity index (χ0n) is 11.7. The molecule has 5 nitrogen and oxygen atoms in total. The average Bonchev–Trinajstić information content (AvgIpc) is 2.72. The maximum atomic E-state index is 12.1. The summed E-state index contributed by atoms with van der Waals surface area (Å²) < 4.78 is 5.17. The molecule has 1 heterocycles. The van der Waals surface area contributed by atoms with Crippen molar-refractivity contribution in [2.24, 2.45) is 5.92 Å². The second kappa shape index (κ2) is 6.05. The maximum Gasteiger partial charge on any atom is 0.417 e. The lowest BCUT2D eigenvalue weighted by Gasteiger charge is -2.27. The first-order valence-electron chi connectivity index (χ1n) is 6.71. The zero-order chi connectivity index (χ0) is 14.7. The van der Waals surface area contributed by atoms with Gasteiger partial charge in [-0.1, -0.05) is 44.2 Å². The van der Waals surface area contributed by atoms with Crippen LogP contribution in [0.25, 0.3) is 0 Å². The molecule has 1 aromatic rings. The SMILES string of the molecule is CC(C)[C@H]1[C@@H](O)CC(=O)N1C(=O)OCc1ccccc1. The number of carbonyl (C=O) groups excluding carboxylic acids is 2. The summed E-state index contributed by atoms with van der Waals surface area (Å²) in [4.78, 5) is 24.9. The summed E-state index contributed by atoms with van der Waals surface area (Å²) in [5.74, 6) is -0.394. The molecule has 1 aliphatic rings. The van der Waals surface area contributed by atoms with Gasteiger partial charge in [-0.3, -0.25) is 4.79 Å². The molecule has 0 radical (unpaired) electrons. The standard InChI is InChI=1S/C15H19NO4/c1-10(2)14-12(17)8-13(18)16(14)15(19)20-9-11-6-4-3-5-7-11/h3-7,10,12,14,17H,8-9H2,1-2H3/t12-,14-/m0/s1. The van der Waals surface area contributed by atoms with E-state index in [9.17, 15) is 14.7 Å². The van der Waals surface area contributed by atoms with Crippen molar-refractivity contribution >= 4 is 12.0 Å². The number of amides is 2. The highest BCUT2D eigenvalue weighted by Gasteiger charge is 2.44. The Morgan fingerprint density at radius 2 is 2.05 bits per heavy atom. The number of benzene rings is 1. The van der Waals surface area contributed by atoms with Crippen LogP contribution in [0.3, 0.4) is 0 Å². The number of ether oxygens (including phenoxy) is 1. The van der Waals surface area contributed by atoms with Crippen molar-refractivity contribution in [3.63, 3.8) is 0 Å². The summed E-state index contributed by atoms with van der Waals surface area (Å²) in [6.07, 6.45) is -1.52. The van der Waals surface area contributed by atoms with E-state index >= 15 is 0 Å². The molecule has 5 heteroatoms. The fourth-order valence-electron chi connectivity index (χ4n) is 2.49. The van der Waals surface area contributed by atoms with Gasteiger partial charge in [0.1, 0.15) is 6.61 Å². The van der Waals surface area contributed by atoms with Gasteiger partial charge in [0.15, 0.2) is 0 Å². The van der Waals surface area contributed by atoms with Crippen LogP contribution >= 0.6 is 0 Å². The third kappa shape index (κ3) is 2.99. The number of rotatable bonds is 3. The van der Waals surface area contributed by atoms with Crippen LogP contribution in [-0.2, 0) is 16.1 Å². The van der Waals surface area contributed by atoms with Crippen molar-refractivity contribution in [3.8, 4) is 0 Å². The van der Waals surface area contributed by atoms with Gasteiger partial charge in [-0.25, -0.2) is 9.69 Å². The first-order valence-corrected chi connectivity index (χ1v) is 6.71. The van der Waals surface area contributed by atoms with E-state index in [1.807, 2.05) is 44.2 Å². The summed E-state index contributed by atoms with van der Waals surface area (Å²) in [7, 11) is 0. The Balaban J connectivity index is 2.02. The largest absolute Gasteiger partial charge is 0.444 e. The molecule has 2 rings (SSSR count). The van der Waals surface area contributed by atoms with Crippen LogP contribution in [0.5, 0.6) is 0 Å². The van der Waals surface area contributed by atoms with E-state index in [1.165, 1.54) is 0 Å². The first-order chi connectivity index (χ1) is 9.50. The number of aliphatic hydroxyl groups excluding tert-OH is 1. The molecule has 0 saturated carbocycles. The Morgan fingerprint density at radius 1 is 1.40 bits per heavy atom. The summed E-state index contributed by atoms with van der Waals surface area (Å²) in [6.45, 7) is 3.85. The number of carbonyl (C=O) groups is 2. The van der Waals surface area contributed by atoms with Gasteiger partial charge < -0.3 is 9.84 Å². The second-order valence-corrected chi connectivity index (χ2v) is 5.31. The molecule has 0 spiro atoms. The molecule has 2 atom stereocenters. The zero-order valence-corrected chi connectivity index (χ0v) is 11.7. The molecular formula is C15H19NO4. The van der Waals surface area contributed by atoms with Crippen molar-refractivity contribution in [1.29, 1.82) is 0 Å². The van der Waals surface area contributed by atoms with Crippen molar-refractivity contribution in [3.05, 3.63) is 35.9 Å². The van der Waals surface area contributed by atoms with Gasteiger partial charge in [0.2, 0.25) is 5.91 Å². The fourth-order valence-corrected chi connectivity index (χ4v) is 2.49. The highest BCUT2D eigenvalue weighted by atomic mass is 16.6. The molecule has 1 aliphatic heterocycles. The van der Waals surface area contributed by atoms with E-state index in [4.69, 9.17) is 4.74 Å². The summed E-state index contributed by atoms with van der Waals surface area (Å²) in [5.41, 5.74) is 0.856. The Labute approximate surface area is 118 Å². The summed E-state index contributed by atoms with van der Waals surface area (Å²) in [6, 6.07) is 8.75. The van der Waals surface area contributed by atoms with Crippen LogP contribution in [0.1, 0.15) is 25.8 Å². The Hall–Kier alpha value is -1.88. The lowest BCUT2D eigenvalue weighted by Crippen LogP contribution is -2.44. The van der Waals surface area contributed by atoms with Crippen LogP contribution in [0.2, 0.25) is 0 Å². The van der Waals surface area contributed by atoms with Gasteiger partial charge in [-0.05, 0) is 11.5 Å². The Morgan fingerprint density at radius 3 is 2.65 bits per heavy atom. The molecule has 0 unspecified atom stereocenters. The highest BCUT2D eigenvalue weighted by Crippen LogP contribution is 2.26. The van der Waals surface area contributed by atoms with Gasteiger partial charge in [0.05, 0.1) is 18.6 Å². The van der Waals surface area contributed by atoms with E-state index in [0.29, 0.717) is 0 Å². The highest BCUT2D eigenvalue weighted by molar-refractivity contribution is 5.94. The predicted octanol–water partition coefficient (Wildman–Crippen LogP) is 1.94. The van der Waals surface area contributed by atoms with Crippen LogP contribution in [0.4, 0.5) is 4.79 Å². The van der Waals surface area contributed by atoms with Crippen LogP contribution in [0.15, 0.2) is 30.3 Å². The monoisotopic (exact) mass is 277 g/mol. The molecular weight excluding hydrogens is 258 g/mol. The minimum absolute atomic E-state index is 0.0132. The normalized spacial score (nSPS) is 22.4. The maximum absolute atomic E-state index is 12.1. The van der Waals surface area contributed by atoms with Crippen molar-refractivity contribution in [2.45, 2.75) is 39.0 Å². The molecule has 2 amide bonds. The number of aliphatic hydroxyl groups is 1. The fraction of sp³-hybridized carbons (Fsp3) is 0.467. The van der Waals surface area contributed by atoms with Crippen LogP contribution in [0, 0.1) is 5.92 Å². The van der Waals surface area contributed by atoms with E-state index < -0.39 is 18.2 Å². The number of nitrogens with zero attached hydrogens (tertiary/aromatic N) is 1. The number of imide groups is 1. The van der Waals surface area contributed by atoms with Crippen molar-refractivity contribution in [2.75, 3.05) is 0 Å². The van der Waals surface area contributed by atoms with Crippen molar-refractivity contribution < 1.29 is 19.4 Å². The molecule has 0 bridgehead atoms. The summed E-state index contributed by atoms with van der Waals surface area (Å²) in [5, 5.41) is 9.86. The molecule has 1 saturated heterocycles. The van der Waals surface area contributed by atoms with Gasteiger partial charge in [-0.2, -0.15) is 0 Å². The van der Waals surface area contributed by atoms with Crippen LogP contribution < -0.4 is 0 Å². The molecule has 0 aromatic heterocycles. The third-order valence-corrected chi connectivity index (χ3v) is 3.43. The average molecular weight is 277 g/mol. The Kier molecular flexibility index (Phi) is 4.39. The van der Waals surface area contributed by atoms with E-state index in [2.05, 4.69) is 0 Å². The van der Waals surface area contributed by atoms with Gasteiger partial charge in [0, 0.05) is 0 Å². The molecule has 1 N–H and O–H groups in total. The topological polar surface area (TPSA) is 66.8 Å². The molecule has 1 aromatic carbocycles. The molecule has 0 aliphatic carbocycles. The Bertz CT molecular complexity index is 486. The first kappa shape index (κ1) is 14.5. The third-order valence-electron chi connectivity index (χ3n) is 3.43. The van der Waals surface area contributed by atoms with E-state index in [1.54, 1.807) is 0 Å². The predicted molar refractivity (Wildman–Crippen MR) is 72.7 cm³/mol. The molecule has 108 valence electrons. The minimum Gasteiger partial charge on any atom is -0.444 e. The number of hydrogen-bond acceptors (Lipinski definition) is 4. The quantitative estimate of drug-likeness (QED) is 0.917. The number of hydrogen-bond donors (Lipinski definition) is 1. The van der Waals surface area contributed by atoms with Gasteiger partial charge >= 0.3 is 6.09 Å². The number of likely N-dealkylation sites (tertiary alicyclic amines) is 1. The van der Waals surface area contributed by atoms with E-state index in [-0.39, 0.29) is 24.9 Å². The summed E-state index contributed by atoms with van der Waals surface area (Å²) >= 11 is 0. The smallest absolute Gasteiger partial charge is 0.417 e.